The molecule has 0 aliphatic carbocycles. The minimum absolute atomic E-state index is 1.95. The summed E-state index contributed by atoms with van der Waals surface area (Å²) in [6.45, 7) is 0. The van der Waals surface area contributed by atoms with Crippen molar-refractivity contribution in [1.29, 1.82) is 0 Å². The van der Waals surface area contributed by atoms with Gasteiger partial charge >= 0.3 is 11.9 Å². The van der Waals surface area contributed by atoms with Crippen LogP contribution in [0.5, 0.6) is 0 Å². The molecule has 22 heavy (non-hydrogen) atoms. The second kappa shape index (κ2) is 8.30. The maximum atomic E-state index is 10.4. The van der Waals surface area contributed by atoms with E-state index >= 15 is 0 Å². The third kappa shape index (κ3) is 4.82. The molecular formula is C10H18O12. The van der Waals surface area contributed by atoms with Crippen molar-refractivity contribution >= 4 is 11.9 Å². The molecule has 130 valence electrons. The zero-order valence-corrected chi connectivity index (χ0v) is 10.9. The van der Waals surface area contributed by atoms with Crippen LogP contribution in [0, 0.1) is 0 Å². The molecule has 0 aliphatic heterocycles. The lowest BCUT2D eigenvalue weighted by atomic mass is 9.93. The molecule has 0 fully saturated rings. The predicted octanol–water partition coefficient (Wildman–Crippen LogP) is -5.96. The van der Waals surface area contributed by atoms with E-state index in [2.05, 4.69) is 0 Å². The Labute approximate surface area is 122 Å². The number of aliphatic carboxylic acids is 2. The van der Waals surface area contributed by atoms with Gasteiger partial charge in [0.05, 0.1) is 0 Å². The van der Waals surface area contributed by atoms with E-state index in [1.54, 1.807) is 0 Å². The molecule has 0 rings (SSSR count). The Bertz CT molecular complexity index is 350. The van der Waals surface area contributed by atoms with E-state index < -0.39 is 60.8 Å². The summed E-state index contributed by atoms with van der Waals surface area (Å²) in [5.74, 6) is -3.90. The Hall–Kier alpha value is -1.38. The SMILES string of the molecule is O=C(O)[C@@H](O)[C@@H](O)[C@@H](O)[C@H](O)[C@@H](O)[C@H](O)[C@H](O)[C@@H](O)C(=O)O. The van der Waals surface area contributed by atoms with Gasteiger partial charge in [0.15, 0.2) is 12.2 Å². The average Bonchev–Trinajstić information content (AvgIpc) is 2.48. The van der Waals surface area contributed by atoms with Crippen LogP contribution >= 0.6 is 0 Å². The van der Waals surface area contributed by atoms with Gasteiger partial charge < -0.3 is 51.1 Å². The second-order valence-electron chi connectivity index (χ2n) is 4.51. The molecule has 8 atom stereocenters. The number of carboxylic acid groups (broad SMARTS) is 2. The molecule has 10 N–H and O–H groups in total. The number of carboxylic acids is 2. The number of hydrogen-bond acceptors (Lipinski definition) is 10. The highest BCUT2D eigenvalue weighted by Crippen LogP contribution is 2.14. The zero-order chi connectivity index (χ0) is 17.8. The van der Waals surface area contributed by atoms with Crippen LogP contribution in [-0.2, 0) is 9.59 Å². The van der Waals surface area contributed by atoms with Gasteiger partial charge in [0.1, 0.15) is 36.6 Å². The van der Waals surface area contributed by atoms with E-state index in [1.807, 2.05) is 0 Å². The van der Waals surface area contributed by atoms with Crippen molar-refractivity contribution in [2.45, 2.75) is 48.8 Å². The van der Waals surface area contributed by atoms with Crippen LogP contribution in [-0.4, -0.2) is 112 Å². The summed E-state index contributed by atoms with van der Waals surface area (Å²) in [5, 5.41) is 91.0. The Balaban J connectivity index is 4.93. The summed E-state index contributed by atoms with van der Waals surface area (Å²) in [5.41, 5.74) is 0. The van der Waals surface area contributed by atoms with Crippen molar-refractivity contribution in [2.75, 3.05) is 0 Å². The minimum Gasteiger partial charge on any atom is -0.479 e. The summed E-state index contributed by atoms with van der Waals surface area (Å²) in [4.78, 5) is 20.8. The maximum Gasteiger partial charge on any atom is 0.335 e. The standard InChI is InChI=1S/C10H18O12/c11-1(3(13)5(15)7(17)9(19)20)2(12)4(14)6(16)8(18)10(21)22/h1-8,11-18H,(H,19,20)(H,21,22)/t1-,2-,3+,4+,5+,6+,7-,8+/m1/s1. The fraction of sp³-hybridized carbons (Fsp3) is 0.800. The zero-order valence-electron chi connectivity index (χ0n) is 10.9. The van der Waals surface area contributed by atoms with Gasteiger partial charge in [-0.1, -0.05) is 0 Å². The van der Waals surface area contributed by atoms with Gasteiger partial charge in [-0.2, -0.15) is 0 Å². The third-order valence-electron chi connectivity index (χ3n) is 2.90. The van der Waals surface area contributed by atoms with Crippen molar-refractivity contribution in [2.24, 2.45) is 0 Å². The first kappa shape index (κ1) is 20.6. The van der Waals surface area contributed by atoms with Crippen molar-refractivity contribution < 1.29 is 60.7 Å². The maximum absolute atomic E-state index is 10.4. The summed E-state index contributed by atoms with van der Waals surface area (Å²) >= 11 is 0. The average molecular weight is 330 g/mol. The second-order valence-corrected chi connectivity index (χ2v) is 4.51. The van der Waals surface area contributed by atoms with Crippen LogP contribution in [0.4, 0.5) is 0 Å². The molecule has 0 aromatic heterocycles. The van der Waals surface area contributed by atoms with Gasteiger partial charge in [-0.15, -0.1) is 0 Å². The third-order valence-corrected chi connectivity index (χ3v) is 2.90. The van der Waals surface area contributed by atoms with Gasteiger partial charge in [0, 0.05) is 0 Å². The van der Waals surface area contributed by atoms with E-state index in [4.69, 9.17) is 20.4 Å². The summed E-state index contributed by atoms with van der Waals surface area (Å²) in [6.07, 6.45) is -19.9. The summed E-state index contributed by atoms with van der Waals surface area (Å²) < 4.78 is 0. The first-order valence-corrected chi connectivity index (χ1v) is 5.83. The first-order chi connectivity index (χ1) is 9.93. The van der Waals surface area contributed by atoms with E-state index in [-0.39, 0.29) is 0 Å². The molecule has 0 bridgehead atoms. The van der Waals surface area contributed by atoms with E-state index in [0.29, 0.717) is 0 Å². The van der Waals surface area contributed by atoms with Crippen molar-refractivity contribution in [3.8, 4) is 0 Å². The lowest BCUT2D eigenvalue weighted by Gasteiger charge is -2.32. The topological polar surface area (TPSA) is 236 Å². The number of rotatable bonds is 9. The molecule has 12 nitrogen and oxygen atoms in total. The monoisotopic (exact) mass is 330 g/mol. The number of hydrogen-bond donors (Lipinski definition) is 10. The molecule has 12 heteroatoms. The Kier molecular flexibility index (Phi) is 7.78. The Morgan fingerprint density at radius 1 is 0.455 bits per heavy atom. The normalized spacial score (nSPS) is 22.7. The summed E-state index contributed by atoms with van der Waals surface area (Å²) in [6, 6.07) is 0. The van der Waals surface area contributed by atoms with Gasteiger partial charge in [0.25, 0.3) is 0 Å². The van der Waals surface area contributed by atoms with E-state index in [9.17, 15) is 40.2 Å². The molecule has 0 spiro atoms. The molecule has 0 amide bonds. The molecule has 0 aliphatic rings. The van der Waals surface area contributed by atoms with Crippen LogP contribution < -0.4 is 0 Å². The molecule has 0 aromatic rings. The van der Waals surface area contributed by atoms with Gasteiger partial charge in [-0.3, -0.25) is 0 Å². The molecule has 0 radical (unpaired) electrons. The van der Waals surface area contributed by atoms with Gasteiger partial charge in [0.2, 0.25) is 0 Å². The minimum atomic E-state index is -2.52. The quantitative estimate of drug-likeness (QED) is 0.190. The van der Waals surface area contributed by atoms with E-state index in [1.165, 1.54) is 0 Å². The molecule has 0 heterocycles. The fourth-order valence-corrected chi connectivity index (χ4v) is 1.47. The van der Waals surface area contributed by atoms with Gasteiger partial charge in [-0.05, 0) is 0 Å². The number of aliphatic hydroxyl groups is 8. The van der Waals surface area contributed by atoms with Crippen LogP contribution in [0.2, 0.25) is 0 Å². The molecule has 0 saturated carbocycles. The van der Waals surface area contributed by atoms with Crippen molar-refractivity contribution in [3.63, 3.8) is 0 Å². The van der Waals surface area contributed by atoms with E-state index in [0.717, 1.165) is 0 Å². The summed E-state index contributed by atoms with van der Waals surface area (Å²) in [7, 11) is 0. The molecular weight excluding hydrogens is 312 g/mol. The van der Waals surface area contributed by atoms with Crippen molar-refractivity contribution in [1.82, 2.24) is 0 Å². The fourth-order valence-electron chi connectivity index (χ4n) is 1.47. The largest absolute Gasteiger partial charge is 0.479 e. The highest BCUT2D eigenvalue weighted by Gasteiger charge is 2.43. The van der Waals surface area contributed by atoms with Crippen LogP contribution in [0.3, 0.4) is 0 Å². The molecule has 0 aromatic carbocycles. The lowest BCUT2D eigenvalue weighted by Crippen LogP contribution is -2.57. The van der Waals surface area contributed by atoms with Crippen LogP contribution in [0.15, 0.2) is 0 Å². The van der Waals surface area contributed by atoms with Gasteiger partial charge in [-0.25, -0.2) is 9.59 Å². The highest BCUT2D eigenvalue weighted by atomic mass is 16.4. The molecule has 0 saturated heterocycles. The first-order valence-electron chi connectivity index (χ1n) is 5.83. The smallest absolute Gasteiger partial charge is 0.335 e. The Morgan fingerprint density at radius 3 is 0.818 bits per heavy atom. The van der Waals surface area contributed by atoms with Crippen LogP contribution in [0.25, 0.3) is 0 Å². The van der Waals surface area contributed by atoms with Crippen LogP contribution in [0.1, 0.15) is 0 Å². The predicted molar refractivity (Wildman–Crippen MR) is 63.3 cm³/mol. The highest BCUT2D eigenvalue weighted by molar-refractivity contribution is 5.73. The number of carbonyl (C=O) groups is 2. The van der Waals surface area contributed by atoms with Crippen molar-refractivity contribution in [3.05, 3.63) is 0 Å². The lowest BCUT2D eigenvalue weighted by molar-refractivity contribution is -0.189. The Morgan fingerprint density at radius 2 is 0.636 bits per heavy atom. The number of aliphatic hydroxyl groups excluding tert-OH is 8. The molecule has 0 unspecified atom stereocenters.